The van der Waals surface area contributed by atoms with E-state index < -0.39 is 0 Å². The minimum atomic E-state index is 0.0307. The first-order valence-corrected chi connectivity index (χ1v) is 5.87. The number of thiocarbonyl (C=S) groups is 1. The topological polar surface area (TPSA) is 55.5 Å². The molecule has 0 amide bonds. The number of rotatable bonds is 4. The molecule has 0 unspecified atom stereocenters. The van der Waals surface area contributed by atoms with Crippen LogP contribution in [0.15, 0.2) is 48.5 Å². The van der Waals surface area contributed by atoms with Crippen molar-refractivity contribution >= 4 is 17.2 Å². The first-order valence-electron chi connectivity index (χ1n) is 5.46. The lowest BCUT2D eigenvalue weighted by atomic mass is 10.2. The fourth-order valence-corrected chi connectivity index (χ4v) is 1.62. The van der Waals surface area contributed by atoms with E-state index in [-0.39, 0.29) is 6.61 Å². The van der Waals surface area contributed by atoms with Crippen LogP contribution in [-0.4, -0.2) is 10.1 Å². The summed E-state index contributed by atoms with van der Waals surface area (Å²) in [5.41, 5.74) is 7.18. The molecule has 0 fully saturated rings. The predicted octanol–water partition coefficient (Wildman–Crippen LogP) is 2.61. The number of nitrogens with two attached hydrogens (primary N) is 1. The van der Waals surface area contributed by atoms with E-state index in [2.05, 4.69) is 0 Å². The lowest BCUT2D eigenvalue weighted by Gasteiger charge is -2.07. The summed E-state index contributed by atoms with van der Waals surface area (Å²) < 4.78 is 5.65. The van der Waals surface area contributed by atoms with Crippen molar-refractivity contribution < 1.29 is 9.84 Å². The Hall–Kier alpha value is -1.91. The smallest absolute Gasteiger partial charge is 0.127 e. The minimum Gasteiger partial charge on any atom is -0.457 e. The van der Waals surface area contributed by atoms with Gasteiger partial charge in [0.05, 0.1) is 6.61 Å². The zero-order chi connectivity index (χ0) is 13.0. The average Bonchev–Trinajstić information content (AvgIpc) is 2.40. The molecule has 92 valence electrons. The van der Waals surface area contributed by atoms with Crippen LogP contribution in [0.4, 0.5) is 0 Å². The summed E-state index contributed by atoms with van der Waals surface area (Å²) in [7, 11) is 0. The molecule has 0 aliphatic rings. The Bertz CT molecular complexity index is 535. The Morgan fingerprint density at radius 3 is 1.94 bits per heavy atom. The van der Waals surface area contributed by atoms with Gasteiger partial charge < -0.3 is 15.6 Å². The van der Waals surface area contributed by atoms with E-state index in [9.17, 15) is 0 Å². The van der Waals surface area contributed by atoms with Crippen LogP contribution in [0.3, 0.4) is 0 Å². The van der Waals surface area contributed by atoms with Gasteiger partial charge in [-0.2, -0.15) is 0 Å². The molecule has 0 saturated carbocycles. The first-order chi connectivity index (χ1) is 8.69. The van der Waals surface area contributed by atoms with Crippen LogP contribution >= 0.6 is 12.2 Å². The van der Waals surface area contributed by atoms with Gasteiger partial charge >= 0.3 is 0 Å². The summed E-state index contributed by atoms with van der Waals surface area (Å²) in [6, 6.07) is 14.5. The Kier molecular flexibility index (Phi) is 3.92. The molecule has 0 heterocycles. The van der Waals surface area contributed by atoms with Gasteiger partial charge in [-0.3, -0.25) is 0 Å². The Morgan fingerprint density at radius 2 is 1.50 bits per heavy atom. The van der Waals surface area contributed by atoms with Gasteiger partial charge in [-0.1, -0.05) is 24.4 Å². The summed E-state index contributed by atoms with van der Waals surface area (Å²) in [5.74, 6) is 1.43. The van der Waals surface area contributed by atoms with Crippen molar-refractivity contribution in [2.75, 3.05) is 0 Å². The Balaban J connectivity index is 2.10. The van der Waals surface area contributed by atoms with E-state index >= 15 is 0 Å². The molecule has 2 aromatic rings. The molecule has 2 aromatic carbocycles. The van der Waals surface area contributed by atoms with E-state index in [0.717, 1.165) is 16.9 Å². The molecule has 0 aliphatic carbocycles. The van der Waals surface area contributed by atoms with Crippen molar-refractivity contribution in [2.45, 2.75) is 6.61 Å². The molecule has 0 bridgehead atoms. The molecule has 3 nitrogen and oxygen atoms in total. The summed E-state index contributed by atoms with van der Waals surface area (Å²) in [4.78, 5) is 0.369. The maximum Gasteiger partial charge on any atom is 0.127 e. The van der Waals surface area contributed by atoms with Crippen LogP contribution in [0, 0.1) is 0 Å². The number of hydrogen-bond acceptors (Lipinski definition) is 3. The van der Waals surface area contributed by atoms with Gasteiger partial charge in [-0.25, -0.2) is 0 Å². The monoisotopic (exact) mass is 259 g/mol. The van der Waals surface area contributed by atoms with Gasteiger partial charge in [0.25, 0.3) is 0 Å². The van der Waals surface area contributed by atoms with Crippen molar-refractivity contribution in [3.8, 4) is 11.5 Å². The molecule has 2 rings (SSSR count). The second-order valence-electron chi connectivity index (χ2n) is 3.79. The van der Waals surface area contributed by atoms with Gasteiger partial charge in [0.15, 0.2) is 0 Å². The van der Waals surface area contributed by atoms with Crippen molar-refractivity contribution in [3.63, 3.8) is 0 Å². The molecular weight excluding hydrogens is 246 g/mol. The van der Waals surface area contributed by atoms with Crippen LogP contribution in [0.25, 0.3) is 0 Å². The van der Waals surface area contributed by atoms with Crippen LogP contribution in [0.2, 0.25) is 0 Å². The maximum atomic E-state index is 8.94. The number of aliphatic hydroxyl groups is 1. The second kappa shape index (κ2) is 5.62. The fraction of sp³-hybridized carbons (Fsp3) is 0.0714. The van der Waals surface area contributed by atoms with Crippen LogP contribution < -0.4 is 10.5 Å². The standard InChI is InChI=1S/C14H13NO2S/c15-14(18)11-3-7-13(8-4-11)17-12-5-1-10(9-16)2-6-12/h1-8,16H,9H2,(H2,15,18). The molecule has 0 aromatic heterocycles. The van der Waals surface area contributed by atoms with Gasteiger partial charge in [-0.15, -0.1) is 0 Å². The maximum absolute atomic E-state index is 8.94. The van der Waals surface area contributed by atoms with Crippen LogP contribution in [-0.2, 0) is 6.61 Å². The van der Waals surface area contributed by atoms with E-state index in [1.165, 1.54) is 0 Å². The summed E-state index contributed by atoms with van der Waals surface area (Å²) in [6.07, 6.45) is 0. The third kappa shape index (κ3) is 3.06. The zero-order valence-corrected chi connectivity index (χ0v) is 10.5. The normalized spacial score (nSPS) is 10.1. The highest BCUT2D eigenvalue weighted by Gasteiger charge is 1.99. The molecule has 3 N–H and O–H groups in total. The van der Waals surface area contributed by atoms with Gasteiger partial charge in [0, 0.05) is 5.56 Å². The molecule has 0 saturated heterocycles. The highest BCUT2D eigenvalue weighted by atomic mass is 32.1. The second-order valence-corrected chi connectivity index (χ2v) is 4.23. The van der Waals surface area contributed by atoms with E-state index in [4.69, 9.17) is 27.8 Å². The molecule has 0 radical (unpaired) electrons. The quantitative estimate of drug-likeness (QED) is 0.829. The van der Waals surface area contributed by atoms with Gasteiger partial charge in [0.1, 0.15) is 16.5 Å². The Labute approximate surface area is 111 Å². The van der Waals surface area contributed by atoms with E-state index in [0.29, 0.717) is 10.7 Å². The highest BCUT2D eigenvalue weighted by molar-refractivity contribution is 7.80. The summed E-state index contributed by atoms with van der Waals surface area (Å²) >= 11 is 4.88. The molecule has 0 aliphatic heterocycles. The third-order valence-corrected chi connectivity index (χ3v) is 2.72. The molecule has 18 heavy (non-hydrogen) atoms. The number of ether oxygens (including phenoxy) is 1. The average molecular weight is 259 g/mol. The number of hydrogen-bond donors (Lipinski definition) is 2. The summed E-state index contributed by atoms with van der Waals surface area (Å²) in [6.45, 7) is 0.0307. The largest absolute Gasteiger partial charge is 0.457 e. The van der Waals surface area contributed by atoms with Crippen LogP contribution in [0.5, 0.6) is 11.5 Å². The molecule has 0 spiro atoms. The molecule has 0 atom stereocenters. The van der Waals surface area contributed by atoms with Gasteiger partial charge in [0.2, 0.25) is 0 Å². The van der Waals surface area contributed by atoms with Crippen molar-refractivity contribution in [3.05, 3.63) is 59.7 Å². The van der Waals surface area contributed by atoms with E-state index in [1.54, 1.807) is 0 Å². The van der Waals surface area contributed by atoms with Crippen LogP contribution in [0.1, 0.15) is 11.1 Å². The van der Waals surface area contributed by atoms with E-state index in [1.807, 2.05) is 48.5 Å². The lowest BCUT2D eigenvalue weighted by molar-refractivity contribution is 0.281. The van der Waals surface area contributed by atoms with Crippen molar-refractivity contribution in [1.82, 2.24) is 0 Å². The SMILES string of the molecule is NC(=S)c1ccc(Oc2ccc(CO)cc2)cc1. The summed E-state index contributed by atoms with van der Waals surface area (Å²) in [5, 5.41) is 8.94. The zero-order valence-electron chi connectivity index (χ0n) is 9.67. The van der Waals surface area contributed by atoms with Crippen molar-refractivity contribution in [1.29, 1.82) is 0 Å². The fourth-order valence-electron chi connectivity index (χ4n) is 1.49. The first kappa shape index (κ1) is 12.5. The lowest BCUT2D eigenvalue weighted by Crippen LogP contribution is -2.08. The third-order valence-electron chi connectivity index (χ3n) is 2.48. The highest BCUT2D eigenvalue weighted by Crippen LogP contribution is 2.22. The van der Waals surface area contributed by atoms with Gasteiger partial charge in [-0.05, 0) is 42.0 Å². The Morgan fingerprint density at radius 1 is 1.00 bits per heavy atom. The minimum absolute atomic E-state index is 0.0307. The molecule has 4 heteroatoms. The number of aliphatic hydroxyl groups excluding tert-OH is 1. The number of benzene rings is 2. The predicted molar refractivity (Wildman–Crippen MR) is 74.8 cm³/mol. The molecular formula is C14H13NO2S. The van der Waals surface area contributed by atoms with Crippen molar-refractivity contribution in [2.24, 2.45) is 5.73 Å².